The zero-order valence-electron chi connectivity index (χ0n) is 21.2. The van der Waals surface area contributed by atoms with E-state index in [1.54, 1.807) is 11.5 Å². The fourth-order valence-corrected chi connectivity index (χ4v) is 5.24. The molecular weight excluding hydrogens is 458 g/mol. The average molecular weight is 490 g/mol. The van der Waals surface area contributed by atoms with Crippen molar-refractivity contribution in [3.05, 3.63) is 96.2 Å². The van der Waals surface area contributed by atoms with E-state index in [-0.39, 0.29) is 11.0 Å². The molecule has 35 heavy (non-hydrogen) atoms. The predicted molar refractivity (Wildman–Crippen MR) is 142 cm³/mol. The molecule has 1 aliphatic rings. The van der Waals surface area contributed by atoms with E-state index < -0.39 is 12.0 Å². The molecule has 4 rings (SSSR count). The summed E-state index contributed by atoms with van der Waals surface area (Å²) in [5, 5.41) is 0. The van der Waals surface area contributed by atoms with Gasteiger partial charge in [-0.05, 0) is 47.2 Å². The number of benzene rings is 2. The lowest BCUT2D eigenvalue weighted by molar-refractivity contribution is -0.136. The van der Waals surface area contributed by atoms with Crippen LogP contribution < -0.4 is 19.8 Å². The number of carbonyl (C=O) groups is 1. The smallest absolute Gasteiger partial charge is 0.338 e. The Morgan fingerprint density at radius 2 is 1.71 bits per heavy atom. The van der Waals surface area contributed by atoms with E-state index in [1.807, 2.05) is 61.5 Å². The molecular formula is C28H31N3O3S. The number of hydrogen-bond donors (Lipinski definition) is 0. The number of rotatable bonds is 4. The number of ether oxygens (including phenoxy) is 1. The van der Waals surface area contributed by atoms with Gasteiger partial charge < -0.3 is 9.64 Å². The van der Waals surface area contributed by atoms with E-state index in [0.717, 1.165) is 16.8 Å². The van der Waals surface area contributed by atoms with Gasteiger partial charge in [0.25, 0.3) is 5.56 Å². The maximum Gasteiger partial charge on any atom is 0.338 e. The van der Waals surface area contributed by atoms with Crippen LogP contribution in [0, 0.1) is 0 Å². The van der Waals surface area contributed by atoms with Gasteiger partial charge in [-0.2, -0.15) is 0 Å². The molecule has 0 saturated carbocycles. The van der Waals surface area contributed by atoms with Crippen LogP contribution in [0.15, 0.2) is 69.6 Å². The van der Waals surface area contributed by atoms with E-state index in [2.05, 4.69) is 37.9 Å². The maximum absolute atomic E-state index is 13.7. The summed E-state index contributed by atoms with van der Waals surface area (Å²) in [4.78, 5) is 33.7. The molecule has 0 amide bonds. The minimum atomic E-state index is -0.606. The van der Waals surface area contributed by atoms with Gasteiger partial charge in [0, 0.05) is 19.8 Å². The number of anilines is 1. The van der Waals surface area contributed by atoms with E-state index in [9.17, 15) is 9.59 Å². The molecule has 0 radical (unpaired) electrons. The Hall–Kier alpha value is -3.45. The van der Waals surface area contributed by atoms with Crippen molar-refractivity contribution < 1.29 is 9.53 Å². The second-order valence-corrected chi connectivity index (χ2v) is 10.9. The van der Waals surface area contributed by atoms with Crippen LogP contribution in [0.1, 0.15) is 50.4 Å². The lowest BCUT2D eigenvalue weighted by Crippen LogP contribution is -2.39. The zero-order chi connectivity index (χ0) is 25.5. The molecule has 0 N–H and O–H groups in total. The molecule has 1 aliphatic heterocycles. The summed E-state index contributed by atoms with van der Waals surface area (Å²) < 4.78 is 7.28. The molecule has 182 valence electrons. The van der Waals surface area contributed by atoms with Crippen molar-refractivity contribution in [2.75, 3.05) is 26.1 Å². The number of nitrogens with zero attached hydrogens (tertiary/aromatic N) is 3. The van der Waals surface area contributed by atoms with Crippen LogP contribution in [0.25, 0.3) is 6.08 Å². The van der Waals surface area contributed by atoms with Crippen molar-refractivity contribution in [2.24, 2.45) is 4.99 Å². The van der Waals surface area contributed by atoms with E-state index in [4.69, 9.17) is 4.74 Å². The molecule has 0 bridgehead atoms. The van der Waals surface area contributed by atoms with E-state index >= 15 is 0 Å². The highest BCUT2D eigenvalue weighted by Crippen LogP contribution is 2.32. The molecule has 6 nitrogen and oxygen atoms in total. The van der Waals surface area contributed by atoms with Crippen LogP contribution >= 0.6 is 11.3 Å². The molecule has 1 atom stereocenters. The summed E-state index contributed by atoms with van der Waals surface area (Å²) in [5.41, 5.74) is 4.79. The number of aromatic nitrogens is 1. The second-order valence-electron chi connectivity index (χ2n) is 9.93. The van der Waals surface area contributed by atoms with Gasteiger partial charge in [-0.25, -0.2) is 9.79 Å². The summed E-state index contributed by atoms with van der Waals surface area (Å²) >= 11 is 1.33. The van der Waals surface area contributed by atoms with Crippen LogP contribution in [0.2, 0.25) is 0 Å². The summed E-state index contributed by atoms with van der Waals surface area (Å²) in [6, 6.07) is 15.5. The highest BCUT2D eigenvalue weighted by atomic mass is 32.1. The lowest BCUT2D eigenvalue weighted by atomic mass is 9.85. The molecule has 0 saturated heterocycles. The molecule has 3 aromatic rings. The molecule has 2 aromatic carbocycles. The van der Waals surface area contributed by atoms with Crippen LogP contribution in [0.5, 0.6) is 0 Å². The number of thiazole rings is 1. The van der Waals surface area contributed by atoms with Crippen LogP contribution in [-0.4, -0.2) is 31.7 Å². The van der Waals surface area contributed by atoms with Crippen molar-refractivity contribution in [3.63, 3.8) is 0 Å². The Balaban J connectivity index is 1.89. The molecule has 7 heteroatoms. The number of fused-ring (bicyclic) bond motifs is 1. The van der Waals surface area contributed by atoms with Crippen LogP contribution in [0.3, 0.4) is 0 Å². The summed E-state index contributed by atoms with van der Waals surface area (Å²) in [6.45, 7) is 8.25. The topological polar surface area (TPSA) is 63.9 Å². The van der Waals surface area contributed by atoms with Gasteiger partial charge in [0.15, 0.2) is 4.80 Å². The fourth-order valence-electron chi connectivity index (χ4n) is 4.19. The minimum absolute atomic E-state index is 0.00793. The van der Waals surface area contributed by atoms with Crippen molar-refractivity contribution in [3.8, 4) is 0 Å². The molecule has 0 spiro atoms. The summed E-state index contributed by atoms with van der Waals surface area (Å²) in [7, 11) is 5.33. The largest absolute Gasteiger partial charge is 0.466 e. The monoisotopic (exact) mass is 489 g/mol. The van der Waals surface area contributed by atoms with Crippen molar-refractivity contribution >= 4 is 29.1 Å². The Kier molecular flexibility index (Phi) is 6.56. The Morgan fingerprint density at radius 1 is 1.09 bits per heavy atom. The van der Waals surface area contributed by atoms with Crippen molar-refractivity contribution in [1.29, 1.82) is 0 Å². The lowest BCUT2D eigenvalue weighted by Gasteiger charge is -2.25. The first-order valence-electron chi connectivity index (χ1n) is 11.5. The average Bonchev–Trinajstić information content (AvgIpc) is 3.12. The minimum Gasteiger partial charge on any atom is -0.466 e. The molecule has 0 aliphatic carbocycles. The Morgan fingerprint density at radius 3 is 2.26 bits per heavy atom. The summed E-state index contributed by atoms with van der Waals surface area (Å²) in [6.07, 6.45) is 1.88. The zero-order valence-corrected chi connectivity index (χ0v) is 22.1. The van der Waals surface area contributed by atoms with Gasteiger partial charge in [0.1, 0.15) is 0 Å². The standard InChI is InChI=1S/C28H31N3O3S/c1-17-23(26(33)34-7)24(19-10-12-20(13-11-19)28(2,3)4)31-25(32)22(35-27(31)29-17)16-18-8-14-21(15-9-18)30(5)6/h8-16,24H,1-7H3/b22-16+/t24-/m1/s1. The predicted octanol–water partition coefficient (Wildman–Crippen LogP) is 3.77. The first-order chi connectivity index (χ1) is 16.5. The second kappa shape index (κ2) is 9.30. The van der Waals surface area contributed by atoms with Gasteiger partial charge in [0.2, 0.25) is 0 Å². The molecule has 2 heterocycles. The number of hydrogen-bond acceptors (Lipinski definition) is 6. The fraction of sp³-hybridized carbons (Fsp3) is 0.321. The highest BCUT2D eigenvalue weighted by Gasteiger charge is 2.33. The Labute approximate surface area is 209 Å². The van der Waals surface area contributed by atoms with E-state index in [1.165, 1.54) is 24.0 Å². The molecule has 0 unspecified atom stereocenters. The van der Waals surface area contributed by atoms with E-state index in [0.29, 0.717) is 20.6 Å². The molecule has 1 aromatic heterocycles. The first-order valence-corrected chi connectivity index (χ1v) is 12.3. The van der Waals surface area contributed by atoms with Crippen molar-refractivity contribution in [2.45, 2.75) is 39.2 Å². The molecule has 0 fully saturated rings. The number of methoxy groups -OCH3 is 1. The first kappa shape index (κ1) is 24.7. The van der Waals surface area contributed by atoms with Gasteiger partial charge in [0.05, 0.1) is 29.0 Å². The maximum atomic E-state index is 13.7. The van der Waals surface area contributed by atoms with Crippen LogP contribution in [0.4, 0.5) is 5.69 Å². The highest BCUT2D eigenvalue weighted by molar-refractivity contribution is 7.07. The Bertz CT molecular complexity index is 1470. The van der Waals surface area contributed by atoms with Gasteiger partial charge in [-0.15, -0.1) is 0 Å². The SMILES string of the molecule is COC(=O)C1=C(C)N=c2s/c(=C/c3ccc(N(C)C)cc3)c(=O)n2[C@@H]1c1ccc(C(C)(C)C)cc1. The normalized spacial score (nSPS) is 16.1. The van der Waals surface area contributed by atoms with Crippen molar-refractivity contribution in [1.82, 2.24) is 4.57 Å². The quantitative estimate of drug-likeness (QED) is 0.524. The third-order valence-corrected chi connectivity index (χ3v) is 7.21. The number of allylic oxidation sites excluding steroid dienone is 1. The third kappa shape index (κ3) is 4.73. The van der Waals surface area contributed by atoms with Gasteiger partial charge in [-0.3, -0.25) is 9.36 Å². The third-order valence-electron chi connectivity index (χ3n) is 6.23. The van der Waals surface area contributed by atoms with Gasteiger partial charge in [-0.1, -0.05) is 68.5 Å². The van der Waals surface area contributed by atoms with Crippen LogP contribution in [-0.2, 0) is 14.9 Å². The number of carbonyl (C=O) groups excluding carboxylic acids is 1. The van der Waals surface area contributed by atoms with Gasteiger partial charge >= 0.3 is 5.97 Å². The summed E-state index contributed by atoms with van der Waals surface area (Å²) in [5.74, 6) is -0.482. The number of esters is 1.